The zero-order valence-electron chi connectivity index (χ0n) is 17.0. The van der Waals surface area contributed by atoms with Gasteiger partial charge in [-0.1, -0.05) is 19.9 Å². The highest BCUT2D eigenvalue weighted by Gasteiger charge is 2.38. The van der Waals surface area contributed by atoms with Gasteiger partial charge in [-0.2, -0.15) is 18.3 Å². The van der Waals surface area contributed by atoms with E-state index in [2.05, 4.69) is 34.2 Å². The number of carbonyl (C=O) groups is 1. The fraction of sp³-hybridized carbons (Fsp3) is 0.300. The minimum absolute atomic E-state index is 0.260. The van der Waals surface area contributed by atoms with Crippen molar-refractivity contribution in [2.24, 2.45) is 0 Å². The Hall–Kier alpha value is -3.50. The number of hydrogen-bond donors (Lipinski definition) is 2. The molecule has 166 valence electrons. The number of aliphatic carboxylic acids is 1. The molecule has 0 aliphatic rings. The van der Waals surface area contributed by atoms with E-state index in [1.54, 1.807) is 24.5 Å². The van der Waals surface area contributed by atoms with Crippen molar-refractivity contribution in [1.82, 2.24) is 19.7 Å². The molecule has 0 aliphatic heterocycles. The molecule has 2 heterocycles. The van der Waals surface area contributed by atoms with Crippen LogP contribution >= 0.6 is 0 Å². The van der Waals surface area contributed by atoms with Gasteiger partial charge in [-0.05, 0) is 30.7 Å². The maximum Gasteiger partial charge on any atom is 0.490 e. The van der Waals surface area contributed by atoms with Crippen molar-refractivity contribution in [1.29, 1.82) is 0 Å². The second kappa shape index (κ2) is 10.0. The number of benzene rings is 1. The first-order valence-electron chi connectivity index (χ1n) is 9.15. The molecule has 1 aromatic carbocycles. The number of carboxylic acids is 1. The Kier molecular flexibility index (Phi) is 7.67. The van der Waals surface area contributed by atoms with E-state index >= 15 is 0 Å². The highest BCUT2D eigenvalue weighted by atomic mass is 19.4. The first kappa shape index (κ1) is 23.8. The molecule has 0 amide bonds. The maximum atomic E-state index is 14.3. The lowest BCUT2D eigenvalue weighted by Crippen LogP contribution is -2.21. The van der Waals surface area contributed by atoms with Crippen LogP contribution in [-0.4, -0.2) is 37.0 Å². The van der Waals surface area contributed by atoms with E-state index in [4.69, 9.17) is 9.90 Å². The summed E-state index contributed by atoms with van der Waals surface area (Å²) >= 11 is 0. The molecule has 0 unspecified atom stereocenters. The molecule has 0 radical (unpaired) electrons. The second-order valence-electron chi connectivity index (χ2n) is 6.80. The van der Waals surface area contributed by atoms with Gasteiger partial charge in [-0.3, -0.25) is 0 Å². The maximum absolute atomic E-state index is 14.3. The molecule has 31 heavy (non-hydrogen) atoms. The average molecular weight is 439 g/mol. The Labute approximate surface area is 175 Å². The van der Waals surface area contributed by atoms with Crippen molar-refractivity contribution in [3.63, 3.8) is 0 Å². The van der Waals surface area contributed by atoms with Crippen LogP contribution in [-0.2, 0) is 11.3 Å². The molecule has 0 saturated heterocycles. The molecule has 3 aromatic rings. The molecule has 2 N–H and O–H groups in total. The summed E-state index contributed by atoms with van der Waals surface area (Å²) in [5, 5.41) is 14.4. The molecular weight excluding hydrogens is 418 g/mol. The van der Waals surface area contributed by atoms with Crippen LogP contribution in [0.1, 0.15) is 36.8 Å². The van der Waals surface area contributed by atoms with Crippen molar-refractivity contribution < 1.29 is 27.5 Å². The molecule has 0 fully saturated rings. The minimum atomic E-state index is -5.08. The summed E-state index contributed by atoms with van der Waals surface area (Å²) in [7, 11) is 0. The molecule has 0 atom stereocenters. The molecular formula is C20H21F4N5O2. The molecule has 0 saturated carbocycles. The van der Waals surface area contributed by atoms with E-state index in [1.165, 1.54) is 10.7 Å². The van der Waals surface area contributed by atoms with Crippen LogP contribution in [0.5, 0.6) is 0 Å². The van der Waals surface area contributed by atoms with Crippen molar-refractivity contribution in [2.45, 2.75) is 39.4 Å². The number of carboxylic acid groups (broad SMARTS) is 1. The standard InChI is InChI=1S/C18H20FN5.C2HF3O2/c1-12(2)18-22-13(3)9-17(23-18)20-11-14-5-6-16(15(19)10-14)24-8-4-7-21-24;3-2(4,5)1(6)7/h4-10,12H,11H2,1-3H3,(H,20,22,23);(H,6,7). The number of alkyl halides is 3. The lowest BCUT2D eigenvalue weighted by molar-refractivity contribution is -0.192. The van der Waals surface area contributed by atoms with E-state index in [0.717, 1.165) is 22.9 Å². The molecule has 0 aliphatic carbocycles. The SMILES string of the molecule is Cc1cc(NCc2ccc(-n3cccn3)c(F)c2)nc(C(C)C)n1.O=C(O)C(F)(F)F. The Bertz CT molecular complexity index is 1020. The Balaban J connectivity index is 0.000000423. The molecule has 7 nitrogen and oxygen atoms in total. The van der Waals surface area contributed by atoms with Crippen LogP contribution in [0.4, 0.5) is 23.4 Å². The summed E-state index contributed by atoms with van der Waals surface area (Å²) in [5.41, 5.74) is 2.19. The predicted octanol–water partition coefficient (Wildman–Crippen LogP) is 4.48. The Morgan fingerprint density at radius 3 is 2.42 bits per heavy atom. The van der Waals surface area contributed by atoms with E-state index in [9.17, 15) is 17.6 Å². The molecule has 0 bridgehead atoms. The van der Waals surface area contributed by atoms with Crippen LogP contribution in [0.3, 0.4) is 0 Å². The summed E-state index contributed by atoms with van der Waals surface area (Å²) in [6, 6.07) is 8.77. The fourth-order valence-electron chi connectivity index (χ4n) is 2.39. The van der Waals surface area contributed by atoms with Crippen molar-refractivity contribution in [2.75, 3.05) is 5.32 Å². The van der Waals surface area contributed by atoms with Gasteiger partial charge in [0.2, 0.25) is 0 Å². The van der Waals surface area contributed by atoms with Gasteiger partial charge < -0.3 is 10.4 Å². The van der Waals surface area contributed by atoms with Crippen molar-refractivity contribution in [3.8, 4) is 5.69 Å². The lowest BCUT2D eigenvalue weighted by atomic mass is 10.2. The summed E-state index contributed by atoms with van der Waals surface area (Å²) in [6.07, 6.45) is -1.74. The number of nitrogens with one attached hydrogen (secondary N) is 1. The molecule has 11 heteroatoms. The first-order chi connectivity index (χ1) is 14.5. The number of hydrogen-bond acceptors (Lipinski definition) is 5. The Morgan fingerprint density at radius 1 is 1.23 bits per heavy atom. The van der Waals surface area contributed by atoms with E-state index in [-0.39, 0.29) is 11.7 Å². The van der Waals surface area contributed by atoms with E-state index in [0.29, 0.717) is 12.2 Å². The highest BCUT2D eigenvalue weighted by molar-refractivity contribution is 5.73. The van der Waals surface area contributed by atoms with Crippen LogP contribution < -0.4 is 5.32 Å². The molecule has 0 spiro atoms. The number of nitrogens with zero attached hydrogens (tertiary/aromatic N) is 4. The summed E-state index contributed by atoms with van der Waals surface area (Å²) in [5.74, 6) is -1.25. The lowest BCUT2D eigenvalue weighted by Gasteiger charge is -2.11. The normalized spacial score (nSPS) is 11.1. The minimum Gasteiger partial charge on any atom is -0.475 e. The smallest absolute Gasteiger partial charge is 0.475 e. The molecule has 2 aromatic heterocycles. The van der Waals surface area contributed by atoms with Gasteiger partial charge in [0.15, 0.2) is 0 Å². The van der Waals surface area contributed by atoms with Gasteiger partial charge in [0.1, 0.15) is 23.1 Å². The van der Waals surface area contributed by atoms with Gasteiger partial charge in [0.25, 0.3) is 0 Å². The van der Waals surface area contributed by atoms with Crippen LogP contribution in [0.2, 0.25) is 0 Å². The summed E-state index contributed by atoms with van der Waals surface area (Å²) in [6.45, 7) is 6.55. The van der Waals surface area contributed by atoms with Crippen molar-refractivity contribution in [3.05, 3.63) is 65.6 Å². The number of aryl methyl sites for hydroxylation is 1. The average Bonchev–Trinajstić information content (AvgIpc) is 3.20. The van der Waals surface area contributed by atoms with Gasteiger partial charge in [0, 0.05) is 36.6 Å². The third-order valence-corrected chi connectivity index (χ3v) is 3.87. The number of rotatable bonds is 5. The summed E-state index contributed by atoms with van der Waals surface area (Å²) in [4.78, 5) is 17.8. The zero-order chi connectivity index (χ0) is 23.2. The number of aromatic nitrogens is 4. The topological polar surface area (TPSA) is 92.9 Å². The first-order valence-corrected chi connectivity index (χ1v) is 9.15. The van der Waals surface area contributed by atoms with E-state index < -0.39 is 12.1 Å². The monoisotopic (exact) mass is 439 g/mol. The third-order valence-electron chi connectivity index (χ3n) is 3.87. The summed E-state index contributed by atoms with van der Waals surface area (Å²) < 4.78 is 47.5. The number of anilines is 1. The molecule has 3 rings (SSSR count). The van der Waals surface area contributed by atoms with Gasteiger partial charge in [-0.15, -0.1) is 0 Å². The number of halogens is 4. The zero-order valence-corrected chi connectivity index (χ0v) is 17.0. The second-order valence-corrected chi connectivity index (χ2v) is 6.80. The quantitative estimate of drug-likeness (QED) is 0.570. The third kappa shape index (κ3) is 7.05. The predicted molar refractivity (Wildman–Crippen MR) is 105 cm³/mol. The van der Waals surface area contributed by atoms with Crippen LogP contribution in [0.15, 0.2) is 42.7 Å². The fourth-order valence-corrected chi connectivity index (χ4v) is 2.39. The van der Waals surface area contributed by atoms with Crippen LogP contribution in [0.25, 0.3) is 5.69 Å². The Morgan fingerprint density at radius 2 is 1.90 bits per heavy atom. The van der Waals surface area contributed by atoms with Crippen LogP contribution in [0, 0.1) is 12.7 Å². The van der Waals surface area contributed by atoms with E-state index in [1.807, 2.05) is 19.1 Å². The highest BCUT2D eigenvalue weighted by Crippen LogP contribution is 2.17. The van der Waals surface area contributed by atoms with Gasteiger partial charge >= 0.3 is 12.1 Å². The largest absolute Gasteiger partial charge is 0.490 e. The van der Waals surface area contributed by atoms with Gasteiger partial charge in [-0.25, -0.2) is 23.8 Å². The van der Waals surface area contributed by atoms with Crippen molar-refractivity contribution >= 4 is 11.8 Å². The van der Waals surface area contributed by atoms with Gasteiger partial charge in [0.05, 0.1) is 0 Å².